The van der Waals surface area contributed by atoms with E-state index < -0.39 is 10.9 Å². The fourth-order valence-corrected chi connectivity index (χ4v) is 1.58. The minimum absolute atomic E-state index is 0.0169. The molecule has 0 saturated heterocycles. The van der Waals surface area contributed by atoms with Gasteiger partial charge in [0, 0.05) is 11.6 Å². The monoisotopic (exact) mass is 279 g/mol. The average Bonchev–Trinajstić information content (AvgIpc) is 2.38. The summed E-state index contributed by atoms with van der Waals surface area (Å²) < 4.78 is 10.2. The van der Waals surface area contributed by atoms with E-state index in [1.165, 1.54) is 6.07 Å². The number of aryl methyl sites for hydroxylation is 2. The standard InChI is InChI=1S/C14H17NO5/c1-5-19-14(16)11(4)8-20-13-7-9(2)12(15(17)18)6-10(13)3/h6-7H,4-5,8H2,1-3H3. The van der Waals surface area contributed by atoms with Gasteiger partial charge in [0.05, 0.1) is 17.1 Å². The third kappa shape index (κ3) is 3.81. The van der Waals surface area contributed by atoms with Crippen molar-refractivity contribution in [3.63, 3.8) is 0 Å². The van der Waals surface area contributed by atoms with E-state index in [2.05, 4.69) is 6.58 Å². The Morgan fingerprint density at radius 3 is 2.55 bits per heavy atom. The highest BCUT2D eigenvalue weighted by atomic mass is 16.6. The van der Waals surface area contributed by atoms with Gasteiger partial charge in [0.1, 0.15) is 12.4 Å². The average molecular weight is 279 g/mol. The van der Waals surface area contributed by atoms with Crippen LogP contribution < -0.4 is 4.74 Å². The molecule has 0 aliphatic carbocycles. The van der Waals surface area contributed by atoms with Crippen LogP contribution in [0.4, 0.5) is 5.69 Å². The van der Waals surface area contributed by atoms with Crippen molar-refractivity contribution in [2.45, 2.75) is 20.8 Å². The molecule has 0 N–H and O–H groups in total. The van der Waals surface area contributed by atoms with Gasteiger partial charge >= 0.3 is 5.97 Å². The molecule has 0 spiro atoms. The number of nitro groups is 1. The van der Waals surface area contributed by atoms with Crippen molar-refractivity contribution in [3.05, 3.63) is 45.5 Å². The van der Waals surface area contributed by atoms with E-state index in [1.807, 2.05) is 0 Å². The second kappa shape index (κ2) is 6.70. The number of hydrogen-bond donors (Lipinski definition) is 0. The molecule has 0 radical (unpaired) electrons. The van der Waals surface area contributed by atoms with Gasteiger partial charge in [-0.05, 0) is 32.4 Å². The zero-order valence-corrected chi connectivity index (χ0v) is 11.8. The maximum absolute atomic E-state index is 11.4. The molecule has 0 saturated carbocycles. The Kier molecular flexibility index (Phi) is 5.25. The minimum Gasteiger partial charge on any atom is -0.488 e. The fraction of sp³-hybridized carbons (Fsp3) is 0.357. The molecule has 0 aliphatic rings. The van der Waals surface area contributed by atoms with Gasteiger partial charge in [-0.2, -0.15) is 0 Å². The molecular weight excluding hydrogens is 262 g/mol. The highest BCUT2D eigenvalue weighted by Crippen LogP contribution is 2.27. The van der Waals surface area contributed by atoms with Crippen LogP contribution in [0.15, 0.2) is 24.3 Å². The molecule has 1 aromatic carbocycles. The minimum atomic E-state index is -0.510. The maximum atomic E-state index is 11.4. The summed E-state index contributed by atoms with van der Waals surface area (Å²) in [7, 11) is 0. The Bertz CT molecular complexity index is 551. The number of carbonyl (C=O) groups is 1. The molecule has 0 amide bonds. The third-order valence-electron chi connectivity index (χ3n) is 2.66. The molecule has 6 nitrogen and oxygen atoms in total. The van der Waals surface area contributed by atoms with Crippen LogP contribution in [0, 0.1) is 24.0 Å². The molecule has 1 rings (SSSR count). The number of hydrogen-bond acceptors (Lipinski definition) is 5. The second-order valence-electron chi connectivity index (χ2n) is 4.27. The van der Waals surface area contributed by atoms with Gasteiger partial charge < -0.3 is 9.47 Å². The van der Waals surface area contributed by atoms with Gasteiger partial charge in [0.15, 0.2) is 0 Å². The number of benzene rings is 1. The second-order valence-corrected chi connectivity index (χ2v) is 4.27. The molecule has 0 aliphatic heterocycles. The first kappa shape index (κ1) is 15.7. The molecule has 108 valence electrons. The number of esters is 1. The van der Waals surface area contributed by atoms with Crippen molar-refractivity contribution >= 4 is 11.7 Å². The first-order valence-electron chi connectivity index (χ1n) is 6.10. The normalized spacial score (nSPS) is 9.95. The fourth-order valence-electron chi connectivity index (χ4n) is 1.58. The smallest absolute Gasteiger partial charge is 0.336 e. The largest absolute Gasteiger partial charge is 0.488 e. The number of rotatable bonds is 6. The van der Waals surface area contributed by atoms with Crippen LogP contribution in [0.1, 0.15) is 18.1 Å². The quantitative estimate of drug-likeness (QED) is 0.346. The number of carbonyl (C=O) groups excluding carboxylic acids is 1. The molecule has 0 fully saturated rings. The molecule has 20 heavy (non-hydrogen) atoms. The lowest BCUT2D eigenvalue weighted by Gasteiger charge is -2.11. The summed E-state index contributed by atoms with van der Waals surface area (Å²) in [6.07, 6.45) is 0. The molecule has 0 heterocycles. The summed E-state index contributed by atoms with van der Waals surface area (Å²) in [6, 6.07) is 3.02. The van der Waals surface area contributed by atoms with Crippen LogP contribution in [0.5, 0.6) is 5.75 Å². The molecule has 0 atom stereocenters. The van der Waals surface area contributed by atoms with Gasteiger partial charge in [-0.1, -0.05) is 6.58 Å². The summed E-state index contributed by atoms with van der Waals surface area (Å²) in [5, 5.41) is 10.8. The first-order chi connectivity index (χ1) is 9.36. The first-order valence-corrected chi connectivity index (χ1v) is 6.10. The van der Waals surface area contributed by atoms with Crippen LogP contribution in [0.25, 0.3) is 0 Å². The summed E-state index contributed by atoms with van der Waals surface area (Å²) in [4.78, 5) is 21.7. The molecule has 6 heteroatoms. The molecule has 0 bridgehead atoms. The Labute approximate surface area is 117 Å². The van der Waals surface area contributed by atoms with E-state index in [0.717, 1.165) is 0 Å². The van der Waals surface area contributed by atoms with Gasteiger partial charge in [0.2, 0.25) is 0 Å². The number of ether oxygens (including phenoxy) is 2. The Morgan fingerprint density at radius 2 is 2.00 bits per heavy atom. The third-order valence-corrected chi connectivity index (χ3v) is 2.66. The van der Waals surface area contributed by atoms with Crippen LogP contribution in [0.2, 0.25) is 0 Å². The predicted molar refractivity (Wildman–Crippen MR) is 73.8 cm³/mol. The highest BCUT2D eigenvalue weighted by molar-refractivity contribution is 5.88. The zero-order chi connectivity index (χ0) is 15.3. The predicted octanol–water partition coefficient (Wildman–Crippen LogP) is 2.71. The Balaban J connectivity index is 2.79. The van der Waals surface area contributed by atoms with E-state index >= 15 is 0 Å². The molecular formula is C14H17NO5. The molecule has 0 unspecified atom stereocenters. The summed E-state index contributed by atoms with van der Waals surface area (Å²) in [5.41, 5.74) is 1.36. The van der Waals surface area contributed by atoms with Gasteiger partial charge in [-0.25, -0.2) is 4.79 Å². The Hall–Kier alpha value is -2.37. The lowest BCUT2D eigenvalue weighted by atomic mass is 10.1. The van der Waals surface area contributed by atoms with Crippen molar-refractivity contribution in [1.29, 1.82) is 0 Å². The van der Waals surface area contributed by atoms with Crippen molar-refractivity contribution in [1.82, 2.24) is 0 Å². The zero-order valence-electron chi connectivity index (χ0n) is 11.8. The summed E-state index contributed by atoms with van der Waals surface area (Å²) in [5.74, 6) is -0.0256. The van der Waals surface area contributed by atoms with Crippen LogP contribution >= 0.6 is 0 Å². The van der Waals surface area contributed by atoms with Gasteiger partial charge in [0.25, 0.3) is 5.69 Å². The van der Waals surface area contributed by atoms with E-state index in [0.29, 0.717) is 16.9 Å². The van der Waals surface area contributed by atoms with Crippen molar-refractivity contribution in [2.75, 3.05) is 13.2 Å². The SMILES string of the molecule is C=C(COc1cc(C)c([N+](=O)[O-])cc1C)C(=O)OCC. The highest BCUT2D eigenvalue weighted by Gasteiger charge is 2.15. The van der Waals surface area contributed by atoms with Crippen molar-refractivity contribution in [3.8, 4) is 5.75 Å². The van der Waals surface area contributed by atoms with Gasteiger partial charge in [-0.3, -0.25) is 10.1 Å². The lowest BCUT2D eigenvalue weighted by Crippen LogP contribution is -2.13. The van der Waals surface area contributed by atoms with Crippen LogP contribution in [-0.2, 0) is 9.53 Å². The topological polar surface area (TPSA) is 78.7 Å². The molecule has 0 aromatic heterocycles. The van der Waals surface area contributed by atoms with E-state index in [-0.39, 0.29) is 24.5 Å². The van der Waals surface area contributed by atoms with Crippen molar-refractivity contribution in [2.24, 2.45) is 0 Å². The number of nitro benzene ring substituents is 1. The van der Waals surface area contributed by atoms with E-state index in [1.54, 1.807) is 26.8 Å². The van der Waals surface area contributed by atoms with Crippen LogP contribution in [-0.4, -0.2) is 24.1 Å². The summed E-state index contributed by atoms with van der Waals surface area (Å²) in [6.45, 7) is 8.87. The Morgan fingerprint density at radius 1 is 1.35 bits per heavy atom. The lowest BCUT2D eigenvalue weighted by molar-refractivity contribution is -0.385. The van der Waals surface area contributed by atoms with E-state index in [4.69, 9.17) is 9.47 Å². The van der Waals surface area contributed by atoms with Gasteiger partial charge in [-0.15, -0.1) is 0 Å². The molecule has 1 aromatic rings. The van der Waals surface area contributed by atoms with Crippen molar-refractivity contribution < 1.29 is 19.2 Å². The summed E-state index contributed by atoms with van der Waals surface area (Å²) >= 11 is 0. The maximum Gasteiger partial charge on any atom is 0.336 e. The van der Waals surface area contributed by atoms with E-state index in [9.17, 15) is 14.9 Å². The van der Waals surface area contributed by atoms with Crippen LogP contribution in [0.3, 0.4) is 0 Å². The number of nitrogens with zero attached hydrogens (tertiary/aromatic N) is 1.